The zero-order chi connectivity index (χ0) is 14.9. The molecule has 1 saturated heterocycles. The van der Waals surface area contributed by atoms with Crippen molar-refractivity contribution in [2.45, 2.75) is 52.1 Å². The summed E-state index contributed by atoms with van der Waals surface area (Å²) in [4.78, 5) is 0. The van der Waals surface area contributed by atoms with Crippen molar-refractivity contribution >= 4 is 9.84 Å². The summed E-state index contributed by atoms with van der Waals surface area (Å²) in [6, 6.07) is 0.254. The Morgan fingerprint density at radius 1 is 1.40 bits per heavy atom. The number of nitrogens with zero attached hydrogens (tertiary/aromatic N) is 2. The Hall–Kier alpha value is -0.880. The van der Waals surface area contributed by atoms with Crippen LogP contribution in [0.25, 0.3) is 0 Å². The maximum atomic E-state index is 11.7. The van der Waals surface area contributed by atoms with Gasteiger partial charge < -0.3 is 5.32 Å². The van der Waals surface area contributed by atoms with Crippen LogP contribution in [0, 0.1) is 0 Å². The minimum atomic E-state index is -2.88. The van der Waals surface area contributed by atoms with Crippen LogP contribution >= 0.6 is 0 Å². The monoisotopic (exact) mass is 299 g/mol. The number of sulfone groups is 1. The van der Waals surface area contributed by atoms with Gasteiger partial charge in [-0.15, -0.1) is 0 Å². The number of rotatable bonds is 5. The predicted octanol–water partition coefficient (Wildman–Crippen LogP) is 1.65. The summed E-state index contributed by atoms with van der Waals surface area (Å²) in [7, 11) is -0.936. The molecular weight excluding hydrogens is 274 g/mol. The van der Waals surface area contributed by atoms with Crippen molar-refractivity contribution in [1.29, 1.82) is 0 Å². The number of hydrogen-bond donors (Lipinski definition) is 1. The maximum absolute atomic E-state index is 11.7. The Morgan fingerprint density at radius 2 is 2.10 bits per heavy atom. The van der Waals surface area contributed by atoms with Gasteiger partial charge in [0, 0.05) is 17.3 Å². The molecule has 2 atom stereocenters. The fraction of sp³-hybridized carbons (Fsp3) is 0.786. The Balaban J connectivity index is 2.46. The second-order valence-corrected chi connectivity index (χ2v) is 7.75. The second kappa shape index (κ2) is 5.85. The highest BCUT2D eigenvalue weighted by Gasteiger charge is 2.32. The molecule has 1 aromatic rings. The highest BCUT2D eigenvalue weighted by Crippen LogP contribution is 2.30. The summed E-state index contributed by atoms with van der Waals surface area (Å²) in [5.74, 6) is 0.525. The average molecular weight is 299 g/mol. The van der Waals surface area contributed by atoms with Crippen LogP contribution in [0.1, 0.15) is 56.2 Å². The molecule has 6 heteroatoms. The van der Waals surface area contributed by atoms with Crippen LogP contribution in [0.15, 0.2) is 0 Å². The van der Waals surface area contributed by atoms with Gasteiger partial charge in [0.1, 0.15) is 0 Å². The van der Waals surface area contributed by atoms with Crippen molar-refractivity contribution < 1.29 is 8.42 Å². The van der Waals surface area contributed by atoms with Crippen LogP contribution in [-0.2, 0) is 22.7 Å². The summed E-state index contributed by atoms with van der Waals surface area (Å²) >= 11 is 0. The van der Waals surface area contributed by atoms with Crippen molar-refractivity contribution in [3.05, 3.63) is 17.0 Å². The molecule has 0 bridgehead atoms. The van der Waals surface area contributed by atoms with E-state index in [9.17, 15) is 8.42 Å². The molecule has 1 aliphatic rings. The number of nitrogens with one attached hydrogen (secondary N) is 1. The molecule has 1 fully saturated rings. The van der Waals surface area contributed by atoms with E-state index in [1.54, 1.807) is 0 Å². The lowest BCUT2D eigenvalue weighted by atomic mass is 10.0. The highest BCUT2D eigenvalue weighted by atomic mass is 32.2. The molecule has 1 aliphatic heterocycles. The average Bonchev–Trinajstić information content (AvgIpc) is 2.97. The standard InChI is InChI=1S/C14H25N3O2S/c1-5-12-14(10(3)15-4)13(6-2)17(16-12)11-7-8-20(18,19)9-11/h10-11,15H,5-9H2,1-4H3. The molecule has 0 saturated carbocycles. The molecule has 20 heavy (non-hydrogen) atoms. The Morgan fingerprint density at radius 3 is 2.55 bits per heavy atom. The van der Waals surface area contributed by atoms with Gasteiger partial charge >= 0.3 is 0 Å². The largest absolute Gasteiger partial charge is 0.313 e. The maximum Gasteiger partial charge on any atom is 0.152 e. The first kappa shape index (κ1) is 15.5. The number of hydrogen-bond acceptors (Lipinski definition) is 4. The van der Waals surface area contributed by atoms with Gasteiger partial charge in [0.2, 0.25) is 0 Å². The molecular formula is C14H25N3O2S. The Bertz CT molecular complexity index is 577. The number of aromatic nitrogens is 2. The van der Waals surface area contributed by atoms with Gasteiger partial charge in [-0.3, -0.25) is 4.68 Å². The van der Waals surface area contributed by atoms with Gasteiger partial charge in [-0.2, -0.15) is 5.10 Å². The van der Waals surface area contributed by atoms with E-state index in [1.165, 1.54) is 11.3 Å². The topological polar surface area (TPSA) is 64.0 Å². The Kier molecular flexibility index (Phi) is 4.54. The molecule has 1 aromatic heterocycles. The smallest absolute Gasteiger partial charge is 0.152 e. The lowest BCUT2D eigenvalue weighted by Crippen LogP contribution is -2.18. The SMILES string of the molecule is CCc1nn(C2CCS(=O)(=O)C2)c(CC)c1C(C)NC. The van der Waals surface area contributed by atoms with Crippen molar-refractivity contribution in [1.82, 2.24) is 15.1 Å². The Labute approximate surface area is 121 Å². The minimum absolute atomic E-state index is 0.0121. The molecule has 2 heterocycles. The van der Waals surface area contributed by atoms with E-state index in [4.69, 9.17) is 5.10 Å². The minimum Gasteiger partial charge on any atom is -0.313 e. The van der Waals surface area contributed by atoms with Gasteiger partial charge in [-0.25, -0.2) is 8.42 Å². The van der Waals surface area contributed by atoms with Crippen LogP contribution in [0.2, 0.25) is 0 Å². The van der Waals surface area contributed by atoms with Crippen molar-refractivity contribution in [3.63, 3.8) is 0 Å². The summed E-state index contributed by atoms with van der Waals surface area (Å²) < 4.78 is 25.4. The van der Waals surface area contributed by atoms with Crippen LogP contribution in [-0.4, -0.2) is 36.8 Å². The highest BCUT2D eigenvalue weighted by molar-refractivity contribution is 7.91. The van der Waals surface area contributed by atoms with Crippen molar-refractivity contribution in [3.8, 4) is 0 Å². The third-order valence-electron chi connectivity index (χ3n) is 4.22. The van der Waals surface area contributed by atoms with Gasteiger partial charge in [0.05, 0.1) is 23.2 Å². The van der Waals surface area contributed by atoms with Crippen LogP contribution in [0.3, 0.4) is 0 Å². The van der Waals surface area contributed by atoms with Gasteiger partial charge in [-0.1, -0.05) is 13.8 Å². The van der Waals surface area contributed by atoms with E-state index in [1.807, 2.05) is 11.7 Å². The molecule has 1 N–H and O–H groups in total. The molecule has 0 aliphatic carbocycles. The number of aryl methyl sites for hydroxylation is 1. The first-order valence-electron chi connectivity index (χ1n) is 7.41. The molecule has 0 amide bonds. The first-order valence-corrected chi connectivity index (χ1v) is 9.23. The van der Waals surface area contributed by atoms with Crippen molar-refractivity contribution in [2.75, 3.05) is 18.6 Å². The van der Waals surface area contributed by atoms with E-state index in [-0.39, 0.29) is 17.8 Å². The van der Waals surface area contributed by atoms with E-state index in [0.717, 1.165) is 18.5 Å². The first-order chi connectivity index (χ1) is 9.43. The molecule has 114 valence electrons. The molecule has 2 unspecified atom stereocenters. The quantitative estimate of drug-likeness (QED) is 0.898. The third kappa shape index (κ3) is 2.76. The van der Waals surface area contributed by atoms with E-state index in [2.05, 4.69) is 26.1 Å². The lowest BCUT2D eigenvalue weighted by molar-refractivity contribution is 0.476. The normalized spacial score (nSPS) is 23.1. The van der Waals surface area contributed by atoms with Crippen LogP contribution < -0.4 is 5.32 Å². The fourth-order valence-electron chi connectivity index (χ4n) is 3.06. The predicted molar refractivity (Wildman–Crippen MR) is 80.8 cm³/mol. The van der Waals surface area contributed by atoms with E-state index >= 15 is 0 Å². The summed E-state index contributed by atoms with van der Waals surface area (Å²) in [6.07, 6.45) is 2.44. The zero-order valence-corrected chi connectivity index (χ0v) is 13.6. The fourth-order valence-corrected chi connectivity index (χ4v) is 4.75. The molecule has 0 aromatic carbocycles. The molecule has 0 spiro atoms. The molecule has 5 nitrogen and oxygen atoms in total. The second-order valence-electron chi connectivity index (χ2n) is 5.53. The van der Waals surface area contributed by atoms with Gasteiger partial charge in [0.15, 0.2) is 9.84 Å². The van der Waals surface area contributed by atoms with Crippen LogP contribution in [0.4, 0.5) is 0 Å². The van der Waals surface area contributed by atoms with Crippen LogP contribution in [0.5, 0.6) is 0 Å². The van der Waals surface area contributed by atoms with Gasteiger partial charge in [-0.05, 0) is 33.2 Å². The van der Waals surface area contributed by atoms with Crippen molar-refractivity contribution in [2.24, 2.45) is 0 Å². The van der Waals surface area contributed by atoms with E-state index in [0.29, 0.717) is 12.2 Å². The summed E-state index contributed by atoms with van der Waals surface area (Å²) in [5, 5.41) is 8.01. The zero-order valence-electron chi connectivity index (χ0n) is 12.8. The molecule has 2 rings (SSSR count). The van der Waals surface area contributed by atoms with Gasteiger partial charge in [0.25, 0.3) is 0 Å². The summed E-state index contributed by atoms with van der Waals surface area (Å²) in [6.45, 7) is 6.34. The lowest BCUT2D eigenvalue weighted by Gasteiger charge is -2.16. The molecule has 0 radical (unpaired) electrons. The van der Waals surface area contributed by atoms with E-state index < -0.39 is 9.84 Å². The third-order valence-corrected chi connectivity index (χ3v) is 5.97. The summed E-state index contributed by atoms with van der Waals surface area (Å²) in [5.41, 5.74) is 3.53.